The Morgan fingerprint density at radius 1 is 1.30 bits per heavy atom. The molecule has 1 fully saturated rings. The van der Waals surface area contributed by atoms with Crippen LogP contribution in [0.2, 0.25) is 0 Å². The van der Waals surface area contributed by atoms with Crippen molar-refractivity contribution >= 4 is 16.8 Å². The maximum absolute atomic E-state index is 13.2. The molecule has 0 saturated carbocycles. The number of aromatic nitrogens is 3. The maximum atomic E-state index is 13.2. The monoisotopic (exact) mass is 407 g/mol. The van der Waals surface area contributed by atoms with Gasteiger partial charge in [0.1, 0.15) is 11.5 Å². The van der Waals surface area contributed by atoms with Gasteiger partial charge in [-0.1, -0.05) is 0 Å². The number of piperazine rings is 1. The summed E-state index contributed by atoms with van der Waals surface area (Å²) < 4.78 is 11.9. The molecule has 5 rings (SSSR count). The first-order chi connectivity index (χ1) is 14.7. The number of pyridine rings is 1. The van der Waals surface area contributed by atoms with E-state index >= 15 is 0 Å². The van der Waals surface area contributed by atoms with Gasteiger partial charge in [0, 0.05) is 50.2 Å². The third-order valence-corrected chi connectivity index (χ3v) is 6.11. The molecule has 0 spiro atoms. The topological polar surface area (TPSA) is 92.4 Å². The van der Waals surface area contributed by atoms with Crippen LogP contribution in [0, 0.1) is 0 Å². The van der Waals surface area contributed by atoms with Gasteiger partial charge in [0.15, 0.2) is 11.8 Å². The molecule has 0 aliphatic carbocycles. The van der Waals surface area contributed by atoms with E-state index in [-0.39, 0.29) is 11.8 Å². The molecule has 2 unspecified atom stereocenters. The Hall–Kier alpha value is -2.97. The van der Waals surface area contributed by atoms with Crippen molar-refractivity contribution in [2.24, 2.45) is 0 Å². The number of hydrogen-bond acceptors (Lipinski definition) is 7. The van der Waals surface area contributed by atoms with Crippen LogP contribution in [-0.4, -0.2) is 65.3 Å². The molecule has 1 aromatic carbocycles. The summed E-state index contributed by atoms with van der Waals surface area (Å²) in [5.74, 6) is 1.39. The van der Waals surface area contributed by atoms with Crippen LogP contribution in [0.15, 0.2) is 30.5 Å². The van der Waals surface area contributed by atoms with Gasteiger partial charge in [-0.25, -0.2) is 4.98 Å². The number of benzene rings is 1. The summed E-state index contributed by atoms with van der Waals surface area (Å²) in [6.45, 7) is 5.93. The van der Waals surface area contributed by atoms with Gasteiger partial charge in [0.25, 0.3) is 0 Å². The molecule has 156 valence electrons. The molecule has 2 atom stereocenters. The van der Waals surface area contributed by atoms with Gasteiger partial charge in [-0.05, 0) is 31.2 Å². The predicted octanol–water partition coefficient (Wildman–Crippen LogP) is 2.12. The van der Waals surface area contributed by atoms with Gasteiger partial charge in [0.05, 0.1) is 23.9 Å². The molecule has 2 aliphatic rings. The summed E-state index contributed by atoms with van der Waals surface area (Å²) in [4.78, 5) is 19.8. The predicted molar refractivity (Wildman–Crippen MR) is 112 cm³/mol. The number of carbonyl (C=O) groups is 1. The van der Waals surface area contributed by atoms with E-state index in [0.717, 1.165) is 48.6 Å². The molecule has 4 heterocycles. The molecule has 8 heteroatoms. The lowest BCUT2D eigenvalue weighted by Crippen LogP contribution is -2.44. The van der Waals surface area contributed by atoms with E-state index in [1.807, 2.05) is 24.3 Å². The number of Topliss-reactive ketones (excluding diaryl/α,β-unsaturated/α-hetero) is 1. The number of nitrogens with one attached hydrogen (secondary N) is 2. The van der Waals surface area contributed by atoms with Gasteiger partial charge in [-0.15, -0.1) is 0 Å². The van der Waals surface area contributed by atoms with Crippen LogP contribution < -0.4 is 14.8 Å². The Balaban J connectivity index is 1.47. The van der Waals surface area contributed by atoms with Gasteiger partial charge in [-0.2, -0.15) is 5.10 Å². The lowest BCUT2D eigenvalue weighted by Gasteiger charge is -2.34. The molecule has 2 N–H and O–H groups in total. The third kappa shape index (κ3) is 3.12. The fourth-order valence-electron chi connectivity index (χ4n) is 4.47. The van der Waals surface area contributed by atoms with Crippen LogP contribution >= 0.6 is 0 Å². The Labute approximate surface area is 174 Å². The van der Waals surface area contributed by atoms with Crippen LogP contribution in [0.5, 0.6) is 11.5 Å². The van der Waals surface area contributed by atoms with E-state index in [4.69, 9.17) is 9.47 Å². The molecule has 0 amide bonds. The highest BCUT2D eigenvalue weighted by molar-refractivity contribution is 6.05. The molecule has 2 aliphatic heterocycles. The van der Waals surface area contributed by atoms with Crippen molar-refractivity contribution in [1.82, 2.24) is 25.4 Å². The Morgan fingerprint density at radius 3 is 2.93 bits per heavy atom. The highest BCUT2D eigenvalue weighted by Crippen LogP contribution is 2.44. The lowest BCUT2D eigenvalue weighted by molar-refractivity contribution is 0.0854. The standard InChI is InChI=1S/C22H25N5O3/c1-13(27-10-8-23-9-11-27)19-17(29-2)6-5-15-20(28)18(30-21(15)19)12-16-14-4-3-7-24-22(14)26-25-16/h3-7,13,18,23H,8-12H2,1-2H3,(H,24,25,26). The van der Waals surface area contributed by atoms with E-state index in [9.17, 15) is 4.79 Å². The first-order valence-corrected chi connectivity index (χ1v) is 10.3. The number of ether oxygens (including phenoxy) is 2. The van der Waals surface area contributed by atoms with Crippen LogP contribution in [0.25, 0.3) is 11.0 Å². The summed E-state index contributed by atoms with van der Waals surface area (Å²) >= 11 is 0. The summed E-state index contributed by atoms with van der Waals surface area (Å²) in [6.07, 6.45) is 1.50. The van der Waals surface area contributed by atoms with Gasteiger partial charge >= 0.3 is 0 Å². The van der Waals surface area contributed by atoms with Crippen molar-refractivity contribution in [2.45, 2.75) is 25.5 Å². The molecular weight excluding hydrogens is 382 g/mol. The Morgan fingerprint density at radius 2 is 2.13 bits per heavy atom. The molecule has 2 aromatic heterocycles. The van der Waals surface area contributed by atoms with Gasteiger partial charge in [0.2, 0.25) is 5.78 Å². The number of rotatable bonds is 5. The number of ketones is 1. The SMILES string of the molecule is COc1ccc2c(c1C(C)N1CCNCC1)OC(Cc1n[nH]c3ncccc13)C2=O. The number of fused-ring (bicyclic) bond motifs is 2. The number of hydrogen-bond donors (Lipinski definition) is 2. The van der Waals surface area contributed by atoms with E-state index in [2.05, 4.69) is 32.3 Å². The molecule has 0 bridgehead atoms. The quantitative estimate of drug-likeness (QED) is 0.669. The normalized spacial score (nSPS) is 20.2. The number of methoxy groups -OCH3 is 1. The Kier molecular flexibility index (Phi) is 4.88. The largest absolute Gasteiger partial charge is 0.496 e. The fourth-order valence-corrected chi connectivity index (χ4v) is 4.47. The summed E-state index contributed by atoms with van der Waals surface area (Å²) in [5.41, 5.74) is 3.06. The third-order valence-electron chi connectivity index (χ3n) is 6.11. The van der Waals surface area contributed by atoms with E-state index in [1.165, 1.54) is 0 Å². The average Bonchev–Trinajstić information content (AvgIpc) is 3.34. The number of nitrogens with zero attached hydrogens (tertiary/aromatic N) is 3. The average molecular weight is 407 g/mol. The molecule has 0 radical (unpaired) electrons. The smallest absolute Gasteiger partial charge is 0.207 e. The zero-order chi connectivity index (χ0) is 20.7. The minimum Gasteiger partial charge on any atom is -0.496 e. The first kappa shape index (κ1) is 19.0. The minimum absolute atomic E-state index is 0.0125. The second-order valence-corrected chi connectivity index (χ2v) is 7.76. The summed E-state index contributed by atoms with van der Waals surface area (Å²) in [5, 5.41) is 11.6. The van der Waals surface area contributed by atoms with Crippen LogP contribution in [0.3, 0.4) is 0 Å². The van der Waals surface area contributed by atoms with Crippen LogP contribution in [0.1, 0.15) is 34.6 Å². The highest BCUT2D eigenvalue weighted by atomic mass is 16.5. The van der Waals surface area contributed by atoms with Crippen molar-refractivity contribution in [1.29, 1.82) is 0 Å². The number of carbonyl (C=O) groups excluding carboxylic acids is 1. The number of H-pyrrole nitrogens is 1. The van der Waals surface area contributed by atoms with Crippen molar-refractivity contribution in [3.63, 3.8) is 0 Å². The number of aromatic amines is 1. The van der Waals surface area contributed by atoms with Crippen molar-refractivity contribution in [3.05, 3.63) is 47.3 Å². The van der Waals surface area contributed by atoms with E-state index < -0.39 is 6.10 Å². The van der Waals surface area contributed by atoms with Crippen molar-refractivity contribution < 1.29 is 14.3 Å². The zero-order valence-corrected chi connectivity index (χ0v) is 17.1. The van der Waals surface area contributed by atoms with Crippen molar-refractivity contribution in [2.75, 3.05) is 33.3 Å². The second kappa shape index (κ2) is 7.70. The van der Waals surface area contributed by atoms with E-state index in [1.54, 1.807) is 13.3 Å². The van der Waals surface area contributed by atoms with Gasteiger partial charge < -0.3 is 14.8 Å². The molecular formula is C22H25N5O3. The summed E-state index contributed by atoms with van der Waals surface area (Å²) in [6, 6.07) is 7.60. The maximum Gasteiger partial charge on any atom is 0.207 e. The minimum atomic E-state index is -0.604. The molecule has 8 nitrogen and oxygen atoms in total. The van der Waals surface area contributed by atoms with E-state index in [0.29, 0.717) is 23.4 Å². The lowest BCUT2D eigenvalue weighted by atomic mass is 9.98. The second-order valence-electron chi connectivity index (χ2n) is 7.76. The van der Waals surface area contributed by atoms with Crippen molar-refractivity contribution in [3.8, 4) is 11.5 Å². The molecule has 3 aromatic rings. The molecule has 30 heavy (non-hydrogen) atoms. The van der Waals surface area contributed by atoms with Gasteiger partial charge in [-0.3, -0.25) is 14.8 Å². The Bertz CT molecular complexity index is 1090. The highest BCUT2D eigenvalue weighted by Gasteiger charge is 2.38. The zero-order valence-electron chi connectivity index (χ0n) is 17.1. The first-order valence-electron chi connectivity index (χ1n) is 10.3. The fraction of sp³-hybridized carbons (Fsp3) is 0.409. The summed E-state index contributed by atoms with van der Waals surface area (Å²) in [7, 11) is 1.66. The van der Waals surface area contributed by atoms with Crippen LogP contribution in [-0.2, 0) is 6.42 Å². The van der Waals surface area contributed by atoms with Crippen LogP contribution in [0.4, 0.5) is 0 Å². The molecule has 1 saturated heterocycles.